The molecular weight excluding hydrogens is 198 g/mol. The van der Waals surface area contributed by atoms with Gasteiger partial charge in [0.15, 0.2) is 0 Å². The van der Waals surface area contributed by atoms with Gasteiger partial charge in [-0.1, -0.05) is 25.1 Å². The summed E-state index contributed by atoms with van der Waals surface area (Å²) in [4.78, 5) is 0. The average molecular weight is 219 g/mol. The fourth-order valence-electron chi connectivity index (χ4n) is 2.91. The van der Waals surface area contributed by atoms with E-state index in [2.05, 4.69) is 26.0 Å². The molecule has 2 heteroatoms. The molecule has 0 fully saturated rings. The van der Waals surface area contributed by atoms with E-state index in [0.29, 0.717) is 5.92 Å². The third-order valence-corrected chi connectivity index (χ3v) is 3.91. The Balaban J connectivity index is 2.46. The lowest BCUT2D eigenvalue weighted by Gasteiger charge is -2.39. The number of aliphatic hydroxyl groups is 1. The monoisotopic (exact) mass is 219 g/mol. The van der Waals surface area contributed by atoms with E-state index in [9.17, 15) is 5.11 Å². The zero-order valence-electron chi connectivity index (χ0n) is 10.2. The largest absolute Gasteiger partial charge is 0.392 e. The van der Waals surface area contributed by atoms with Crippen molar-refractivity contribution < 1.29 is 5.11 Å². The summed E-state index contributed by atoms with van der Waals surface area (Å²) < 4.78 is 0. The Kier molecular flexibility index (Phi) is 3.04. The van der Waals surface area contributed by atoms with Gasteiger partial charge in [0.25, 0.3) is 0 Å². The second-order valence-electron chi connectivity index (χ2n) is 5.16. The predicted octanol–water partition coefficient (Wildman–Crippen LogP) is 2.34. The van der Waals surface area contributed by atoms with Crippen LogP contribution in [0.4, 0.5) is 0 Å². The Hall–Kier alpha value is -0.860. The molecule has 3 N–H and O–H groups in total. The van der Waals surface area contributed by atoms with Gasteiger partial charge in [0.05, 0.1) is 6.61 Å². The molecule has 2 atom stereocenters. The molecule has 0 spiro atoms. The van der Waals surface area contributed by atoms with Gasteiger partial charge in [-0.15, -0.1) is 0 Å². The first-order valence-electron chi connectivity index (χ1n) is 6.10. The highest BCUT2D eigenvalue weighted by atomic mass is 16.3. The lowest BCUT2D eigenvalue weighted by atomic mass is 9.70. The quantitative estimate of drug-likeness (QED) is 0.802. The van der Waals surface area contributed by atoms with Crippen LogP contribution in [0, 0.1) is 0 Å². The third kappa shape index (κ3) is 1.87. The molecule has 0 radical (unpaired) electrons. The molecule has 0 unspecified atom stereocenters. The second kappa shape index (κ2) is 4.19. The van der Waals surface area contributed by atoms with Gasteiger partial charge in [-0.3, -0.25) is 0 Å². The van der Waals surface area contributed by atoms with Gasteiger partial charge in [0, 0.05) is 11.5 Å². The molecule has 0 bridgehead atoms. The highest BCUT2D eigenvalue weighted by Gasteiger charge is 2.35. The first kappa shape index (κ1) is 11.6. The van der Waals surface area contributed by atoms with Crippen molar-refractivity contribution in [2.45, 2.75) is 51.2 Å². The van der Waals surface area contributed by atoms with Crippen molar-refractivity contribution in [1.82, 2.24) is 0 Å². The lowest BCUT2D eigenvalue weighted by Crippen LogP contribution is -2.45. The average Bonchev–Trinajstić information content (AvgIpc) is 2.27. The molecule has 1 aromatic carbocycles. The van der Waals surface area contributed by atoms with Gasteiger partial charge < -0.3 is 10.8 Å². The van der Waals surface area contributed by atoms with Gasteiger partial charge in [-0.2, -0.15) is 0 Å². The van der Waals surface area contributed by atoms with E-state index < -0.39 is 0 Å². The molecule has 2 rings (SSSR count). The van der Waals surface area contributed by atoms with Crippen LogP contribution in [0.25, 0.3) is 0 Å². The molecule has 1 aliphatic rings. The molecule has 2 nitrogen and oxygen atoms in total. The Bertz CT molecular complexity index is 384. The molecule has 0 saturated heterocycles. The summed E-state index contributed by atoms with van der Waals surface area (Å²) in [6.07, 6.45) is 3.18. The molecule has 88 valence electrons. The first-order chi connectivity index (χ1) is 7.58. The van der Waals surface area contributed by atoms with Crippen molar-refractivity contribution in [3.63, 3.8) is 0 Å². The number of benzene rings is 1. The van der Waals surface area contributed by atoms with Crippen molar-refractivity contribution in [1.29, 1.82) is 0 Å². The molecule has 0 aliphatic heterocycles. The number of hydrogen-bond acceptors (Lipinski definition) is 2. The van der Waals surface area contributed by atoms with E-state index in [1.54, 1.807) is 0 Å². The first-order valence-corrected chi connectivity index (χ1v) is 6.10. The Morgan fingerprint density at radius 2 is 2.25 bits per heavy atom. The van der Waals surface area contributed by atoms with E-state index in [4.69, 9.17) is 5.73 Å². The maximum atomic E-state index is 9.20. The summed E-state index contributed by atoms with van der Waals surface area (Å²) in [6.45, 7) is 4.46. The van der Waals surface area contributed by atoms with E-state index >= 15 is 0 Å². The van der Waals surface area contributed by atoms with Crippen molar-refractivity contribution >= 4 is 0 Å². The standard InChI is InChI=1S/C14H21NO/c1-3-13-12-8-10(9-16)4-5-11(12)6-7-14(13,2)15/h4-5,8,13,16H,3,6-7,9,15H2,1-2H3/t13-,14+/m0/s1. The number of fused-ring (bicyclic) bond motifs is 1. The summed E-state index contributed by atoms with van der Waals surface area (Å²) in [5.41, 5.74) is 10.0. The van der Waals surface area contributed by atoms with Crippen LogP contribution in [0.2, 0.25) is 0 Å². The Morgan fingerprint density at radius 1 is 1.50 bits per heavy atom. The summed E-state index contributed by atoms with van der Waals surface area (Å²) in [5, 5.41) is 9.20. The Morgan fingerprint density at radius 3 is 2.88 bits per heavy atom. The molecule has 1 aromatic rings. The number of hydrogen-bond donors (Lipinski definition) is 2. The molecule has 0 amide bonds. The highest BCUT2D eigenvalue weighted by Crippen LogP contribution is 2.39. The van der Waals surface area contributed by atoms with Crippen molar-refractivity contribution in [2.75, 3.05) is 0 Å². The molecule has 1 aliphatic carbocycles. The number of aliphatic hydroxyl groups excluding tert-OH is 1. The topological polar surface area (TPSA) is 46.2 Å². The lowest BCUT2D eigenvalue weighted by molar-refractivity contribution is 0.280. The van der Waals surface area contributed by atoms with E-state index in [-0.39, 0.29) is 12.1 Å². The van der Waals surface area contributed by atoms with Crippen molar-refractivity contribution in [3.05, 3.63) is 34.9 Å². The van der Waals surface area contributed by atoms with Crippen LogP contribution < -0.4 is 5.73 Å². The van der Waals surface area contributed by atoms with Crippen molar-refractivity contribution in [2.24, 2.45) is 5.73 Å². The van der Waals surface area contributed by atoms with Gasteiger partial charge in [0.1, 0.15) is 0 Å². The van der Waals surface area contributed by atoms with Gasteiger partial charge in [0.2, 0.25) is 0 Å². The molecule has 0 aromatic heterocycles. The molecule has 0 heterocycles. The van der Waals surface area contributed by atoms with Crippen LogP contribution in [0.3, 0.4) is 0 Å². The zero-order chi connectivity index (χ0) is 11.8. The minimum atomic E-state index is -0.101. The zero-order valence-corrected chi connectivity index (χ0v) is 10.2. The number of aryl methyl sites for hydroxylation is 1. The molecular formula is C14H21NO. The summed E-state index contributed by atoms with van der Waals surface area (Å²) in [5.74, 6) is 0.419. The van der Waals surface area contributed by atoms with Crippen LogP contribution in [0.15, 0.2) is 18.2 Å². The summed E-state index contributed by atoms with van der Waals surface area (Å²) >= 11 is 0. The van der Waals surface area contributed by atoms with E-state index in [1.807, 2.05) is 6.07 Å². The van der Waals surface area contributed by atoms with Crippen LogP contribution in [0.1, 0.15) is 49.3 Å². The normalized spacial score (nSPS) is 28.9. The van der Waals surface area contributed by atoms with Crippen LogP contribution in [-0.2, 0) is 13.0 Å². The van der Waals surface area contributed by atoms with Gasteiger partial charge in [-0.25, -0.2) is 0 Å². The minimum Gasteiger partial charge on any atom is -0.392 e. The SMILES string of the molecule is CC[C@H]1c2cc(CO)ccc2CC[C@@]1(C)N. The fraction of sp³-hybridized carbons (Fsp3) is 0.571. The van der Waals surface area contributed by atoms with Gasteiger partial charge >= 0.3 is 0 Å². The molecule has 0 saturated carbocycles. The smallest absolute Gasteiger partial charge is 0.0681 e. The van der Waals surface area contributed by atoms with Gasteiger partial charge in [-0.05, 0) is 42.9 Å². The van der Waals surface area contributed by atoms with Crippen LogP contribution in [0.5, 0.6) is 0 Å². The maximum Gasteiger partial charge on any atom is 0.0681 e. The molecule has 16 heavy (non-hydrogen) atoms. The highest BCUT2D eigenvalue weighted by molar-refractivity contribution is 5.39. The number of rotatable bonds is 2. The summed E-state index contributed by atoms with van der Waals surface area (Å²) in [6, 6.07) is 6.30. The predicted molar refractivity (Wildman–Crippen MR) is 66.3 cm³/mol. The van der Waals surface area contributed by atoms with Crippen molar-refractivity contribution in [3.8, 4) is 0 Å². The Labute approximate surface area is 97.5 Å². The third-order valence-electron chi connectivity index (χ3n) is 3.91. The number of nitrogens with two attached hydrogens (primary N) is 1. The van der Waals surface area contributed by atoms with Crippen LogP contribution in [-0.4, -0.2) is 10.6 Å². The second-order valence-corrected chi connectivity index (χ2v) is 5.16. The maximum absolute atomic E-state index is 9.20. The van der Waals surface area contributed by atoms with E-state index in [0.717, 1.165) is 24.8 Å². The van der Waals surface area contributed by atoms with E-state index in [1.165, 1.54) is 11.1 Å². The fourth-order valence-corrected chi connectivity index (χ4v) is 2.91. The summed E-state index contributed by atoms with van der Waals surface area (Å²) in [7, 11) is 0. The minimum absolute atomic E-state index is 0.101. The van der Waals surface area contributed by atoms with Crippen LogP contribution >= 0.6 is 0 Å².